The normalized spacial score (nSPS) is 11.4. The molecule has 34 heavy (non-hydrogen) atoms. The van der Waals surface area contributed by atoms with Gasteiger partial charge in [0.15, 0.2) is 12.4 Å². The lowest BCUT2D eigenvalue weighted by Crippen LogP contribution is -2.18. The lowest BCUT2D eigenvalue weighted by Gasteiger charge is -2.07. The van der Waals surface area contributed by atoms with Crippen LogP contribution < -0.4 is 10.1 Å². The zero-order chi connectivity index (χ0) is 24.0. The summed E-state index contributed by atoms with van der Waals surface area (Å²) < 4.78 is 49.2. The molecular formula is C23H20F3N5O3. The number of rotatable bonds is 9. The number of ether oxygens (including phenoxy) is 2. The number of carbonyl (C=O) groups is 1. The Balaban J connectivity index is 1.27. The van der Waals surface area contributed by atoms with Crippen LogP contribution >= 0.6 is 0 Å². The molecule has 11 heteroatoms. The lowest BCUT2D eigenvalue weighted by atomic mass is 10.1. The Morgan fingerprint density at radius 3 is 2.41 bits per heavy atom. The maximum absolute atomic E-state index is 12.4. The van der Waals surface area contributed by atoms with Gasteiger partial charge < -0.3 is 14.8 Å². The number of anilines is 1. The number of hydrogen-bond donors (Lipinski definition) is 1. The number of aromatic nitrogens is 4. The number of hydrogen-bond acceptors (Lipinski definition) is 5. The first kappa shape index (κ1) is 23.1. The van der Waals surface area contributed by atoms with E-state index in [1.807, 2.05) is 54.6 Å². The zero-order valence-electron chi connectivity index (χ0n) is 17.8. The molecule has 1 N–H and O–H groups in total. The maximum atomic E-state index is 12.4. The van der Waals surface area contributed by atoms with Crippen molar-refractivity contribution in [2.24, 2.45) is 0 Å². The molecule has 0 bridgehead atoms. The Morgan fingerprint density at radius 1 is 0.941 bits per heavy atom. The molecule has 0 saturated carbocycles. The summed E-state index contributed by atoms with van der Waals surface area (Å²) >= 11 is 0. The maximum Gasteiger partial charge on any atom is 0.411 e. The van der Waals surface area contributed by atoms with Crippen molar-refractivity contribution in [3.05, 3.63) is 84.9 Å². The van der Waals surface area contributed by atoms with Gasteiger partial charge in [0, 0.05) is 6.20 Å². The molecule has 0 aliphatic carbocycles. The molecule has 0 radical (unpaired) electrons. The van der Waals surface area contributed by atoms with Gasteiger partial charge in [-0.2, -0.15) is 23.4 Å². The fraction of sp³-hybridized carbons (Fsp3) is 0.174. The topological polar surface area (TPSA) is 83.2 Å². The molecule has 0 aliphatic heterocycles. The molecule has 1 amide bonds. The molecule has 0 atom stereocenters. The van der Waals surface area contributed by atoms with Gasteiger partial charge in [-0.15, -0.1) is 0 Å². The molecular weight excluding hydrogens is 451 g/mol. The van der Waals surface area contributed by atoms with Crippen LogP contribution in [-0.2, 0) is 18.2 Å². The second-order valence-electron chi connectivity index (χ2n) is 7.22. The van der Waals surface area contributed by atoms with Gasteiger partial charge in [0.25, 0.3) is 5.91 Å². The first-order valence-corrected chi connectivity index (χ1v) is 10.2. The molecule has 2 aromatic heterocycles. The Bertz CT molecular complexity index is 1220. The van der Waals surface area contributed by atoms with Crippen LogP contribution in [-0.4, -0.2) is 38.3 Å². The van der Waals surface area contributed by atoms with Crippen molar-refractivity contribution in [2.45, 2.75) is 19.6 Å². The largest absolute Gasteiger partial charge is 0.471 e. The molecule has 2 aromatic carbocycles. The Hall–Kier alpha value is -4.12. The number of nitrogens with one attached hydrogen (secondary N) is 1. The number of halogens is 3. The number of benzene rings is 2. The second kappa shape index (κ2) is 10.2. The van der Waals surface area contributed by atoms with E-state index in [1.54, 1.807) is 6.20 Å². The van der Waals surface area contributed by atoms with Gasteiger partial charge in [-0.25, -0.2) is 9.36 Å². The number of nitrogens with zero attached hydrogens (tertiary/aromatic N) is 4. The van der Waals surface area contributed by atoms with E-state index >= 15 is 0 Å². The summed E-state index contributed by atoms with van der Waals surface area (Å²) in [6.45, 7) is -1.68. The first-order chi connectivity index (χ1) is 16.4. The quantitative estimate of drug-likeness (QED) is 0.387. The van der Waals surface area contributed by atoms with Crippen molar-refractivity contribution in [3.63, 3.8) is 0 Å². The lowest BCUT2D eigenvalue weighted by molar-refractivity contribution is -0.182. The van der Waals surface area contributed by atoms with E-state index in [1.165, 1.54) is 23.1 Å². The number of amides is 1. The van der Waals surface area contributed by atoms with E-state index in [2.05, 4.69) is 20.3 Å². The minimum absolute atomic E-state index is 0.104. The van der Waals surface area contributed by atoms with E-state index in [4.69, 9.17) is 4.74 Å². The van der Waals surface area contributed by atoms with Gasteiger partial charge in [0.2, 0.25) is 0 Å². The molecule has 4 aromatic rings. The molecule has 0 aliphatic rings. The highest BCUT2D eigenvalue weighted by molar-refractivity contribution is 6.02. The molecule has 0 unspecified atom stereocenters. The van der Waals surface area contributed by atoms with Crippen LogP contribution in [0.5, 0.6) is 5.75 Å². The minimum Gasteiger partial charge on any atom is -0.471 e. The Labute approximate surface area is 192 Å². The Morgan fingerprint density at radius 2 is 1.68 bits per heavy atom. The van der Waals surface area contributed by atoms with Gasteiger partial charge in [-0.1, -0.05) is 42.5 Å². The number of carbonyl (C=O) groups excluding carboxylic acids is 1. The standard InChI is InChI=1S/C23H20F3N5O3/c24-23(25,26)14-33-15-31-13-19(12-27-31)28-22(32)21-10-11-30(29-21)16-34-20-8-6-18(7-9-20)17-4-2-1-3-5-17/h1-13H,14-16H2,(H,28,32). The highest BCUT2D eigenvalue weighted by Crippen LogP contribution is 2.22. The highest BCUT2D eigenvalue weighted by atomic mass is 19.4. The van der Waals surface area contributed by atoms with Gasteiger partial charge in [0.1, 0.15) is 19.1 Å². The van der Waals surface area contributed by atoms with Crippen molar-refractivity contribution >= 4 is 11.6 Å². The molecule has 0 fully saturated rings. The van der Waals surface area contributed by atoms with Crippen LogP contribution in [0.2, 0.25) is 0 Å². The third-order valence-electron chi connectivity index (χ3n) is 4.58. The van der Waals surface area contributed by atoms with Crippen LogP contribution in [0.15, 0.2) is 79.3 Å². The number of alkyl halides is 3. The predicted octanol–water partition coefficient (Wildman–Crippen LogP) is 4.57. The van der Waals surface area contributed by atoms with E-state index < -0.39 is 25.4 Å². The van der Waals surface area contributed by atoms with Crippen molar-refractivity contribution in [2.75, 3.05) is 11.9 Å². The molecule has 0 spiro atoms. The zero-order valence-corrected chi connectivity index (χ0v) is 17.8. The Kier molecular flexibility index (Phi) is 6.93. The van der Waals surface area contributed by atoms with Crippen molar-refractivity contribution in [3.8, 4) is 16.9 Å². The van der Waals surface area contributed by atoms with E-state index in [0.717, 1.165) is 15.8 Å². The van der Waals surface area contributed by atoms with Crippen LogP contribution in [0.3, 0.4) is 0 Å². The summed E-state index contributed by atoms with van der Waals surface area (Å²) in [7, 11) is 0. The van der Waals surface area contributed by atoms with E-state index in [0.29, 0.717) is 11.4 Å². The van der Waals surface area contributed by atoms with Crippen LogP contribution in [0, 0.1) is 0 Å². The highest BCUT2D eigenvalue weighted by Gasteiger charge is 2.27. The summed E-state index contributed by atoms with van der Waals surface area (Å²) in [5, 5.41) is 10.6. The van der Waals surface area contributed by atoms with Crippen LogP contribution in [0.25, 0.3) is 11.1 Å². The second-order valence-corrected chi connectivity index (χ2v) is 7.22. The van der Waals surface area contributed by atoms with Crippen molar-refractivity contribution in [1.29, 1.82) is 0 Å². The minimum atomic E-state index is -4.42. The average molecular weight is 471 g/mol. The molecule has 176 valence electrons. The summed E-state index contributed by atoms with van der Waals surface area (Å²) in [4.78, 5) is 12.4. The van der Waals surface area contributed by atoms with Gasteiger partial charge >= 0.3 is 6.18 Å². The molecule has 2 heterocycles. The van der Waals surface area contributed by atoms with E-state index in [-0.39, 0.29) is 12.4 Å². The van der Waals surface area contributed by atoms with Gasteiger partial charge in [-0.05, 0) is 29.3 Å². The molecule has 8 nitrogen and oxygen atoms in total. The molecule has 4 rings (SSSR count). The van der Waals surface area contributed by atoms with Crippen molar-refractivity contribution < 1.29 is 27.4 Å². The monoisotopic (exact) mass is 471 g/mol. The average Bonchev–Trinajstić information content (AvgIpc) is 3.47. The summed E-state index contributed by atoms with van der Waals surface area (Å²) in [6, 6.07) is 19.1. The first-order valence-electron chi connectivity index (χ1n) is 10.2. The fourth-order valence-corrected chi connectivity index (χ4v) is 3.02. The summed E-state index contributed by atoms with van der Waals surface area (Å²) in [5.41, 5.74) is 2.62. The summed E-state index contributed by atoms with van der Waals surface area (Å²) in [6.07, 6.45) is -0.165. The third-order valence-corrected chi connectivity index (χ3v) is 4.58. The predicted molar refractivity (Wildman–Crippen MR) is 117 cm³/mol. The third kappa shape index (κ3) is 6.45. The smallest absolute Gasteiger partial charge is 0.411 e. The summed E-state index contributed by atoms with van der Waals surface area (Å²) in [5.74, 6) is 0.156. The van der Waals surface area contributed by atoms with Crippen LogP contribution in [0.1, 0.15) is 10.5 Å². The van der Waals surface area contributed by atoms with E-state index in [9.17, 15) is 18.0 Å². The molecule has 0 saturated heterocycles. The fourth-order valence-electron chi connectivity index (χ4n) is 3.02. The SMILES string of the molecule is O=C(Nc1cnn(COCC(F)(F)F)c1)c1ccn(COc2ccc(-c3ccccc3)cc2)n1. The van der Waals surface area contributed by atoms with Crippen LogP contribution in [0.4, 0.5) is 18.9 Å². The van der Waals surface area contributed by atoms with Crippen molar-refractivity contribution in [1.82, 2.24) is 19.6 Å². The van der Waals surface area contributed by atoms with Gasteiger partial charge in [-0.3, -0.25) is 4.79 Å². The van der Waals surface area contributed by atoms with Gasteiger partial charge in [0.05, 0.1) is 18.1 Å².